The highest BCUT2D eigenvalue weighted by Crippen LogP contribution is 2.15. The van der Waals surface area contributed by atoms with E-state index < -0.39 is 5.97 Å². The Bertz CT molecular complexity index is 586. The first-order valence-corrected chi connectivity index (χ1v) is 8.04. The molecule has 0 bridgehead atoms. The Balaban J connectivity index is 0.00000312. The molecule has 3 N–H and O–H groups in total. The van der Waals surface area contributed by atoms with Crippen LogP contribution in [0, 0.1) is 5.92 Å². The van der Waals surface area contributed by atoms with Gasteiger partial charge in [0.25, 0.3) is 5.91 Å². The summed E-state index contributed by atoms with van der Waals surface area (Å²) in [7, 11) is 1.26. The maximum Gasteiger partial charge on any atom is 0.325 e. The van der Waals surface area contributed by atoms with Gasteiger partial charge in [-0.3, -0.25) is 14.4 Å². The topological polar surface area (TPSA) is 96.5 Å². The molecule has 7 nitrogen and oxygen atoms in total. The first-order valence-electron chi connectivity index (χ1n) is 8.04. The molecule has 2 amide bonds. The fourth-order valence-electron chi connectivity index (χ4n) is 2.55. The molecule has 8 heteroatoms. The molecule has 1 heterocycles. The van der Waals surface area contributed by atoms with Crippen LogP contribution in [0.25, 0.3) is 0 Å². The van der Waals surface area contributed by atoms with E-state index in [0.29, 0.717) is 23.6 Å². The van der Waals surface area contributed by atoms with Crippen molar-refractivity contribution in [2.75, 3.05) is 32.1 Å². The van der Waals surface area contributed by atoms with Gasteiger partial charge in [-0.2, -0.15) is 0 Å². The summed E-state index contributed by atoms with van der Waals surface area (Å²) in [6.45, 7) is 1.85. The molecular formula is C17H24ClN3O4. The summed E-state index contributed by atoms with van der Waals surface area (Å²) < 4.78 is 4.45. The zero-order chi connectivity index (χ0) is 17.4. The highest BCUT2D eigenvalue weighted by atomic mass is 35.5. The highest BCUT2D eigenvalue weighted by molar-refractivity contribution is 5.97. The molecule has 1 atom stereocenters. The second-order valence-corrected chi connectivity index (χ2v) is 5.78. The lowest BCUT2D eigenvalue weighted by atomic mass is 10.0. The molecule has 1 aliphatic heterocycles. The van der Waals surface area contributed by atoms with Crippen LogP contribution in [0.4, 0.5) is 5.69 Å². The van der Waals surface area contributed by atoms with Crippen LogP contribution < -0.4 is 16.0 Å². The Hall–Kier alpha value is -2.12. The van der Waals surface area contributed by atoms with Gasteiger partial charge in [-0.05, 0) is 56.1 Å². The summed E-state index contributed by atoms with van der Waals surface area (Å²) >= 11 is 0. The number of carbonyl (C=O) groups is 3. The number of ether oxygens (including phenoxy) is 1. The fourth-order valence-corrected chi connectivity index (χ4v) is 2.55. The number of benzene rings is 1. The zero-order valence-electron chi connectivity index (χ0n) is 14.2. The predicted octanol–water partition coefficient (Wildman–Crippen LogP) is 1.34. The van der Waals surface area contributed by atoms with Crippen molar-refractivity contribution < 1.29 is 19.1 Å². The largest absolute Gasteiger partial charge is 0.468 e. The minimum absolute atomic E-state index is 0. The van der Waals surface area contributed by atoms with Crippen LogP contribution in [0.3, 0.4) is 0 Å². The van der Waals surface area contributed by atoms with Crippen molar-refractivity contribution in [1.82, 2.24) is 10.6 Å². The average molecular weight is 370 g/mol. The number of methoxy groups -OCH3 is 1. The van der Waals surface area contributed by atoms with Crippen molar-refractivity contribution in [3.05, 3.63) is 29.8 Å². The van der Waals surface area contributed by atoms with Crippen LogP contribution >= 0.6 is 12.4 Å². The normalized spacial score (nSPS) is 15.8. The first-order chi connectivity index (χ1) is 11.6. The van der Waals surface area contributed by atoms with Crippen molar-refractivity contribution in [2.45, 2.75) is 19.3 Å². The molecule has 0 aromatic heterocycles. The number of nitrogens with one attached hydrogen (secondary N) is 3. The molecule has 1 unspecified atom stereocenters. The Labute approximate surface area is 153 Å². The lowest BCUT2D eigenvalue weighted by molar-refractivity contribution is -0.139. The molecule has 1 aromatic rings. The van der Waals surface area contributed by atoms with Gasteiger partial charge in [0.1, 0.15) is 6.54 Å². The number of amides is 2. The van der Waals surface area contributed by atoms with E-state index in [9.17, 15) is 14.4 Å². The van der Waals surface area contributed by atoms with Gasteiger partial charge in [0.2, 0.25) is 5.91 Å². The second kappa shape index (κ2) is 10.7. The number of hydrogen-bond donors (Lipinski definition) is 3. The van der Waals surface area contributed by atoms with Gasteiger partial charge in [-0.25, -0.2) is 0 Å². The number of carbonyl (C=O) groups excluding carboxylic acids is 3. The Morgan fingerprint density at radius 1 is 1.24 bits per heavy atom. The number of halogens is 1. The van der Waals surface area contributed by atoms with E-state index in [-0.39, 0.29) is 30.8 Å². The summed E-state index contributed by atoms with van der Waals surface area (Å²) in [4.78, 5) is 34.8. The third kappa shape index (κ3) is 7.11. The number of esters is 1. The third-order valence-electron chi connectivity index (χ3n) is 3.99. The van der Waals surface area contributed by atoms with Crippen LogP contribution in [-0.4, -0.2) is 44.5 Å². The zero-order valence-corrected chi connectivity index (χ0v) is 15.0. The van der Waals surface area contributed by atoms with E-state index in [1.54, 1.807) is 24.3 Å². The summed E-state index contributed by atoms with van der Waals surface area (Å²) in [5.41, 5.74) is 1.06. The molecule has 0 aliphatic carbocycles. The van der Waals surface area contributed by atoms with Crippen molar-refractivity contribution >= 4 is 35.9 Å². The van der Waals surface area contributed by atoms with E-state index in [0.717, 1.165) is 25.9 Å². The van der Waals surface area contributed by atoms with E-state index >= 15 is 0 Å². The monoisotopic (exact) mass is 369 g/mol. The van der Waals surface area contributed by atoms with Gasteiger partial charge in [0.15, 0.2) is 0 Å². The van der Waals surface area contributed by atoms with Crippen LogP contribution in [0.2, 0.25) is 0 Å². The summed E-state index contributed by atoms with van der Waals surface area (Å²) in [5.74, 6) is -0.321. The molecule has 1 aliphatic rings. The van der Waals surface area contributed by atoms with Crippen LogP contribution in [0.15, 0.2) is 24.3 Å². The van der Waals surface area contributed by atoms with E-state index in [4.69, 9.17) is 0 Å². The minimum atomic E-state index is -0.510. The standard InChI is InChI=1S/C17H23N3O4.ClH/c1-24-16(22)11-19-17(23)13-3-5-14(6-4-13)20-15(21)7-2-12-8-9-18-10-12;/h3-6,12,18H,2,7-11H2,1H3,(H,19,23)(H,20,21);1H. The molecule has 1 saturated heterocycles. The fraction of sp³-hybridized carbons (Fsp3) is 0.471. The Morgan fingerprint density at radius 3 is 2.56 bits per heavy atom. The summed E-state index contributed by atoms with van der Waals surface area (Å²) in [6.07, 6.45) is 2.50. The number of rotatable bonds is 7. The molecule has 1 fully saturated rings. The molecule has 25 heavy (non-hydrogen) atoms. The van der Waals surface area contributed by atoms with Gasteiger partial charge in [0.05, 0.1) is 7.11 Å². The third-order valence-corrected chi connectivity index (χ3v) is 3.99. The maximum absolute atomic E-state index is 11.9. The molecule has 0 radical (unpaired) electrons. The highest BCUT2D eigenvalue weighted by Gasteiger charge is 2.15. The van der Waals surface area contributed by atoms with Crippen molar-refractivity contribution in [3.8, 4) is 0 Å². The van der Waals surface area contributed by atoms with Crippen molar-refractivity contribution in [1.29, 1.82) is 0 Å². The smallest absolute Gasteiger partial charge is 0.325 e. The summed E-state index contributed by atoms with van der Waals surface area (Å²) in [5, 5.41) is 8.57. The van der Waals surface area contributed by atoms with Gasteiger partial charge >= 0.3 is 5.97 Å². The lowest BCUT2D eigenvalue weighted by Gasteiger charge is -2.09. The Morgan fingerprint density at radius 2 is 1.96 bits per heavy atom. The average Bonchev–Trinajstić information content (AvgIpc) is 3.11. The van der Waals surface area contributed by atoms with E-state index in [1.165, 1.54) is 7.11 Å². The maximum atomic E-state index is 11.9. The second-order valence-electron chi connectivity index (χ2n) is 5.78. The SMILES string of the molecule is COC(=O)CNC(=O)c1ccc(NC(=O)CCC2CCNC2)cc1.Cl. The van der Waals surface area contributed by atoms with Gasteiger partial charge < -0.3 is 20.7 Å². The van der Waals surface area contributed by atoms with E-state index in [1.807, 2.05) is 0 Å². The Kier molecular flexibility index (Phi) is 8.94. The van der Waals surface area contributed by atoms with Gasteiger partial charge in [0, 0.05) is 17.7 Å². The molecular weight excluding hydrogens is 346 g/mol. The predicted molar refractivity (Wildman–Crippen MR) is 96.9 cm³/mol. The van der Waals surface area contributed by atoms with Crippen molar-refractivity contribution in [3.63, 3.8) is 0 Å². The molecule has 2 rings (SSSR count). The lowest BCUT2D eigenvalue weighted by Crippen LogP contribution is -2.30. The summed E-state index contributed by atoms with van der Waals surface area (Å²) in [6, 6.07) is 6.54. The van der Waals surface area contributed by atoms with Crippen LogP contribution in [0.1, 0.15) is 29.6 Å². The molecule has 0 spiro atoms. The molecule has 0 saturated carbocycles. The van der Waals surface area contributed by atoms with Crippen LogP contribution in [-0.2, 0) is 14.3 Å². The van der Waals surface area contributed by atoms with Crippen LogP contribution in [0.5, 0.6) is 0 Å². The van der Waals surface area contributed by atoms with E-state index in [2.05, 4.69) is 20.7 Å². The number of anilines is 1. The molecule has 138 valence electrons. The van der Waals surface area contributed by atoms with Gasteiger partial charge in [-0.15, -0.1) is 12.4 Å². The first kappa shape index (κ1) is 20.9. The van der Waals surface area contributed by atoms with Crippen molar-refractivity contribution in [2.24, 2.45) is 5.92 Å². The minimum Gasteiger partial charge on any atom is -0.468 e. The number of hydrogen-bond acceptors (Lipinski definition) is 5. The molecule has 1 aromatic carbocycles. The van der Waals surface area contributed by atoms with Gasteiger partial charge in [-0.1, -0.05) is 0 Å². The quantitative estimate of drug-likeness (QED) is 0.630.